The van der Waals surface area contributed by atoms with Crippen molar-refractivity contribution in [3.63, 3.8) is 0 Å². The van der Waals surface area contributed by atoms with E-state index in [1.807, 2.05) is 44.2 Å². The summed E-state index contributed by atoms with van der Waals surface area (Å²) in [5, 5.41) is 4.97. The minimum Gasteiger partial charge on any atom is -0.489 e. The first kappa shape index (κ1) is 20.5. The zero-order valence-corrected chi connectivity index (χ0v) is 18.7. The second kappa shape index (κ2) is 8.84. The number of aromatic nitrogens is 2. The van der Waals surface area contributed by atoms with E-state index in [0.717, 1.165) is 14.5 Å². The molecule has 1 aromatic heterocycles. The lowest BCUT2D eigenvalue weighted by atomic mass is 10.2. The SMILES string of the molecule is C=CCOc1ccc(Br)cc1C=Nn1c(C(C)C)nc2ccc(Br)cc2c1=O. The second-order valence-corrected chi connectivity index (χ2v) is 8.26. The molecular formula is C21H19Br2N3O2. The number of hydrogen-bond donors (Lipinski definition) is 0. The van der Waals surface area contributed by atoms with Crippen LogP contribution in [-0.4, -0.2) is 22.5 Å². The number of benzene rings is 2. The van der Waals surface area contributed by atoms with Crippen LogP contribution in [0.5, 0.6) is 5.75 Å². The maximum absolute atomic E-state index is 13.1. The van der Waals surface area contributed by atoms with Crippen LogP contribution in [0, 0.1) is 0 Å². The highest BCUT2D eigenvalue weighted by Crippen LogP contribution is 2.23. The molecule has 0 fully saturated rings. The van der Waals surface area contributed by atoms with Gasteiger partial charge in [-0.25, -0.2) is 4.98 Å². The summed E-state index contributed by atoms with van der Waals surface area (Å²) < 4.78 is 8.75. The summed E-state index contributed by atoms with van der Waals surface area (Å²) in [5.74, 6) is 1.28. The highest BCUT2D eigenvalue weighted by Gasteiger charge is 2.14. The van der Waals surface area contributed by atoms with Gasteiger partial charge in [0.05, 0.1) is 17.1 Å². The molecule has 0 spiro atoms. The van der Waals surface area contributed by atoms with Gasteiger partial charge in [-0.3, -0.25) is 4.79 Å². The molecule has 0 aliphatic carbocycles. The Morgan fingerprint density at radius 1 is 1.21 bits per heavy atom. The fourth-order valence-electron chi connectivity index (χ4n) is 2.67. The van der Waals surface area contributed by atoms with E-state index in [4.69, 9.17) is 4.74 Å². The van der Waals surface area contributed by atoms with Gasteiger partial charge in [-0.1, -0.05) is 58.4 Å². The molecule has 3 aromatic rings. The number of rotatable bonds is 6. The fraction of sp³-hybridized carbons (Fsp3) is 0.190. The fourth-order valence-corrected chi connectivity index (χ4v) is 3.41. The van der Waals surface area contributed by atoms with E-state index < -0.39 is 0 Å². The number of halogens is 2. The van der Waals surface area contributed by atoms with Crippen LogP contribution in [0.25, 0.3) is 10.9 Å². The molecule has 7 heteroatoms. The van der Waals surface area contributed by atoms with Gasteiger partial charge in [0.2, 0.25) is 0 Å². The molecule has 2 aromatic carbocycles. The molecule has 0 N–H and O–H groups in total. The van der Waals surface area contributed by atoms with E-state index in [1.54, 1.807) is 18.4 Å². The topological polar surface area (TPSA) is 56.5 Å². The van der Waals surface area contributed by atoms with Gasteiger partial charge in [0.25, 0.3) is 5.56 Å². The summed E-state index contributed by atoms with van der Waals surface area (Å²) in [6.45, 7) is 8.01. The molecule has 0 unspecified atom stereocenters. The quantitative estimate of drug-likeness (QED) is 0.329. The average molecular weight is 505 g/mol. The van der Waals surface area contributed by atoms with Crippen LogP contribution < -0.4 is 10.3 Å². The zero-order valence-electron chi connectivity index (χ0n) is 15.5. The Morgan fingerprint density at radius 2 is 1.93 bits per heavy atom. The van der Waals surface area contributed by atoms with E-state index in [0.29, 0.717) is 29.1 Å². The maximum Gasteiger partial charge on any atom is 0.282 e. The molecule has 0 aliphatic rings. The number of ether oxygens (including phenoxy) is 1. The van der Waals surface area contributed by atoms with Crippen molar-refractivity contribution in [1.29, 1.82) is 0 Å². The molecule has 0 bridgehead atoms. The molecule has 1 heterocycles. The van der Waals surface area contributed by atoms with Gasteiger partial charge in [0.15, 0.2) is 0 Å². The van der Waals surface area contributed by atoms with Crippen molar-refractivity contribution in [3.05, 3.63) is 79.7 Å². The molecule has 0 radical (unpaired) electrons. The standard InChI is InChI=1S/C21H19Br2N3O2/c1-4-9-28-19-8-6-15(22)10-14(19)12-24-26-20(13(2)3)25-18-7-5-16(23)11-17(18)21(26)27/h4-8,10-13H,1,9H2,2-3H3. The molecule has 3 rings (SSSR count). The van der Waals surface area contributed by atoms with Gasteiger partial charge >= 0.3 is 0 Å². The molecule has 0 saturated heterocycles. The predicted molar refractivity (Wildman–Crippen MR) is 121 cm³/mol. The van der Waals surface area contributed by atoms with Crippen LogP contribution in [0.3, 0.4) is 0 Å². The Kier molecular flexibility index (Phi) is 6.46. The number of hydrogen-bond acceptors (Lipinski definition) is 4. The molecule has 0 aliphatic heterocycles. The van der Waals surface area contributed by atoms with E-state index >= 15 is 0 Å². The molecular weight excluding hydrogens is 486 g/mol. The van der Waals surface area contributed by atoms with Gasteiger partial charge < -0.3 is 4.74 Å². The lowest BCUT2D eigenvalue weighted by molar-refractivity contribution is 0.362. The molecule has 0 atom stereocenters. The third-order valence-corrected chi connectivity index (χ3v) is 4.98. The summed E-state index contributed by atoms with van der Waals surface area (Å²) in [6, 6.07) is 11.1. The van der Waals surface area contributed by atoms with Crippen molar-refractivity contribution in [2.45, 2.75) is 19.8 Å². The third-order valence-electron chi connectivity index (χ3n) is 3.99. The summed E-state index contributed by atoms with van der Waals surface area (Å²) >= 11 is 6.87. The monoisotopic (exact) mass is 503 g/mol. The van der Waals surface area contributed by atoms with E-state index in [1.165, 1.54) is 4.68 Å². The minimum atomic E-state index is -0.213. The molecule has 28 heavy (non-hydrogen) atoms. The second-order valence-electron chi connectivity index (χ2n) is 6.43. The largest absolute Gasteiger partial charge is 0.489 e. The van der Waals surface area contributed by atoms with Crippen molar-refractivity contribution < 1.29 is 4.74 Å². The number of nitrogens with zero attached hydrogens (tertiary/aromatic N) is 3. The smallest absolute Gasteiger partial charge is 0.282 e. The van der Waals surface area contributed by atoms with Crippen LogP contribution in [0.4, 0.5) is 0 Å². The molecule has 144 valence electrons. The Labute approximate surface area is 180 Å². The van der Waals surface area contributed by atoms with Crippen molar-refractivity contribution >= 4 is 49.0 Å². The van der Waals surface area contributed by atoms with E-state index in [9.17, 15) is 4.79 Å². The normalized spacial score (nSPS) is 11.5. The zero-order chi connectivity index (χ0) is 20.3. The Balaban J connectivity index is 2.15. The van der Waals surface area contributed by atoms with Crippen LogP contribution in [-0.2, 0) is 0 Å². The maximum atomic E-state index is 13.1. The van der Waals surface area contributed by atoms with Crippen LogP contribution >= 0.6 is 31.9 Å². The summed E-state index contributed by atoms with van der Waals surface area (Å²) in [5.41, 5.74) is 1.18. The molecule has 5 nitrogen and oxygen atoms in total. The first-order valence-corrected chi connectivity index (χ1v) is 10.3. The van der Waals surface area contributed by atoms with Gasteiger partial charge in [-0.2, -0.15) is 9.78 Å². The van der Waals surface area contributed by atoms with Crippen LogP contribution in [0.15, 0.2) is 67.9 Å². The summed E-state index contributed by atoms with van der Waals surface area (Å²) in [6.07, 6.45) is 3.29. The van der Waals surface area contributed by atoms with Gasteiger partial charge in [0, 0.05) is 20.4 Å². The average Bonchev–Trinajstić information content (AvgIpc) is 2.66. The lowest BCUT2D eigenvalue weighted by Crippen LogP contribution is -2.23. The first-order chi connectivity index (χ1) is 13.4. The highest BCUT2D eigenvalue weighted by atomic mass is 79.9. The van der Waals surface area contributed by atoms with Crippen molar-refractivity contribution in [2.24, 2.45) is 5.10 Å². The Morgan fingerprint density at radius 3 is 2.64 bits per heavy atom. The van der Waals surface area contributed by atoms with Gasteiger partial charge in [0.1, 0.15) is 18.2 Å². The van der Waals surface area contributed by atoms with Gasteiger partial charge in [-0.05, 0) is 36.4 Å². The summed E-state index contributed by atoms with van der Waals surface area (Å²) in [7, 11) is 0. The molecule has 0 saturated carbocycles. The van der Waals surface area contributed by atoms with Crippen molar-refractivity contribution in [1.82, 2.24) is 9.66 Å². The van der Waals surface area contributed by atoms with Gasteiger partial charge in [-0.15, -0.1) is 0 Å². The van der Waals surface area contributed by atoms with Crippen LogP contribution in [0.1, 0.15) is 31.2 Å². The Hall–Kier alpha value is -2.25. The minimum absolute atomic E-state index is 0.0249. The highest BCUT2D eigenvalue weighted by molar-refractivity contribution is 9.10. The Bertz CT molecular complexity index is 1120. The summed E-state index contributed by atoms with van der Waals surface area (Å²) in [4.78, 5) is 17.7. The number of fused-ring (bicyclic) bond motifs is 1. The predicted octanol–water partition coefficient (Wildman–Crippen LogP) is 5.49. The van der Waals surface area contributed by atoms with Crippen molar-refractivity contribution in [3.8, 4) is 5.75 Å². The van der Waals surface area contributed by atoms with E-state index in [-0.39, 0.29) is 11.5 Å². The van der Waals surface area contributed by atoms with E-state index in [2.05, 4.69) is 48.5 Å². The van der Waals surface area contributed by atoms with Crippen LogP contribution in [0.2, 0.25) is 0 Å². The van der Waals surface area contributed by atoms with Crippen molar-refractivity contribution in [2.75, 3.05) is 6.61 Å². The first-order valence-electron chi connectivity index (χ1n) is 8.70. The lowest BCUT2D eigenvalue weighted by Gasteiger charge is -2.12. The third kappa shape index (κ3) is 4.42. The molecule has 0 amide bonds.